The molecule has 0 unspecified atom stereocenters. The van der Waals surface area contributed by atoms with Crippen LogP contribution in [-0.4, -0.2) is 39.4 Å². The summed E-state index contributed by atoms with van der Waals surface area (Å²) in [5.41, 5.74) is 0.956. The van der Waals surface area contributed by atoms with Crippen molar-refractivity contribution in [2.24, 2.45) is 0 Å². The molecule has 0 saturated heterocycles. The number of alkyl halides is 3. The fourth-order valence-corrected chi connectivity index (χ4v) is 2.89. The van der Waals surface area contributed by atoms with E-state index in [4.69, 9.17) is 21.4 Å². The third-order valence-corrected chi connectivity index (χ3v) is 4.33. The summed E-state index contributed by atoms with van der Waals surface area (Å²) >= 11 is 6.06. The maximum Gasteiger partial charge on any atom is 0.418 e. The maximum atomic E-state index is 12.8. The maximum absolute atomic E-state index is 12.8. The molecule has 2 aromatic heterocycles. The Labute approximate surface area is 179 Å². The van der Waals surface area contributed by atoms with E-state index in [1.165, 1.54) is 0 Å². The summed E-state index contributed by atoms with van der Waals surface area (Å²) in [5.74, 6) is -0.627. The van der Waals surface area contributed by atoms with Crippen LogP contribution in [0.4, 0.5) is 18.9 Å². The minimum absolute atomic E-state index is 0.0416. The molecule has 2 heterocycles. The highest BCUT2D eigenvalue weighted by atomic mass is 35.5. The summed E-state index contributed by atoms with van der Waals surface area (Å²) in [6, 6.07) is 8.81. The molecule has 0 atom stereocenters. The van der Waals surface area contributed by atoms with Crippen molar-refractivity contribution in [2.75, 3.05) is 18.5 Å². The molecule has 0 saturated carbocycles. The number of hydrogen-bond acceptors (Lipinski definition) is 6. The lowest BCUT2D eigenvalue weighted by atomic mass is 10.0. The van der Waals surface area contributed by atoms with E-state index < -0.39 is 23.3 Å². The van der Waals surface area contributed by atoms with Crippen LogP contribution >= 0.6 is 11.6 Å². The van der Waals surface area contributed by atoms with E-state index in [1.54, 1.807) is 30.3 Å². The van der Waals surface area contributed by atoms with Gasteiger partial charge in [0.25, 0.3) is 5.91 Å². The number of pyridine rings is 1. The smallest absolute Gasteiger partial charge is 0.418 e. The number of benzene rings is 1. The molecule has 0 fully saturated rings. The van der Waals surface area contributed by atoms with Crippen LogP contribution in [0.5, 0.6) is 5.88 Å². The minimum atomic E-state index is -4.64. The number of hydrogen-bond donors (Lipinski definition) is 2. The number of amides is 1. The number of ether oxygens (including phenoxy) is 1. The Morgan fingerprint density at radius 2 is 2.00 bits per heavy atom. The molecule has 0 spiro atoms. The molecule has 2 N–H and O–H groups in total. The molecule has 31 heavy (non-hydrogen) atoms. The second kappa shape index (κ2) is 9.27. The van der Waals surface area contributed by atoms with Crippen molar-refractivity contribution in [1.82, 2.24) is 15.2 Å². The zero-order chi connectivity index (χ0) is 22.6. The Bertz CT molecular complexity index is 1110. The molecule has 0 radical (unpaired) electrons. The van der Waals surface area contributed by atoms with E-state index >= 15 is 0 Å². The topological polar surface area (TPSA) is 97.2 Å². The van der Waals surface area contributed by atoms with Crippen LogP contribution in [-0.2, 0) is 6.18 Å². The number of carbonyl (C=O) groups is 1. The monoisotopic (exact) mass is 452 g/mol. The van der Waals surface area contributed by atoms with Gasteiger partial charge in [-0.15, -0.1) is 5.10 Å². The van der Waals surface area contributed by atoms with Crippen LogP contribution in [0.15, 0.2) is 42.6 Å². The van der Waals surface area contributed by atoms with Gasteiger partial charge in [0.05, 0.1) is 18.4 Å². The average Bonchev–Trinajstić information content (AvgIpc) is 2.72. The summed E-state index contributed by atoms with van der Waals surface area (Å²) in [5, 5.41) is 18.3. The molecule has 0 aliphatic rings. The molecule has 0 aliphatic carbocycles. The van der Waals surface area contributed by atoms with E-state index in [0.717, 1.165) is 5.56 Å². The second-order valence-corrected chi connectivity index (χ2v) is 6.79. The van der Waals surface area contributed by atoms with Crippen molar-refractivity contribution in [1.29, 1.82) is 0 Å². The Balaban J connectivity index is 1.88. The van der Waals surface area contributed by atoms with Gasteiger partial charge in [-0.05, 0) is 47.9 Å². The number of anilines is 1. The normalized spacial score (nSPS) is 11.3. The molecular weight excluding hydrogens is 437 g/mol. The number of aliphatic hydroxyl groups excluding tert-OH is 1. The number of halogens is 4. The highest BCUT2D eigenvalue weighted by Gasteiger charge is 2.32. The van der Waals surface area contributed by atoms with Gasteiger partial charge < -0.3 is 15.2 Å². The highest BCUT2D eigenvalue weighted by molar-refractivity contribution is 6.29. The van der Waals surface area contributed by atoms with Crippen LogP contribution in [0, 0.1) is 6.92 Å². The molecule has 0 bridgehead atoms. The molecule has 1 aromatic carbocycles. The van der Waals surface area contributed by atoms with E-state index in [1.807, 2.05) is 6.92 Å². The van der Waals surface area contributed by atoms with Gasteiger partial charge in [0.1, 0.15) is 11.8 Å². The van der Waals surface area contributed by atoms with E-state index in [-0.39, 0.29) is 24.2 Å². The van der Waals surface area contributed by atoms with Crippen LogP contribution in [0.1, 0.15) is 21.6 Å². The van der Waals surface area contributed by atoms with Gasteiger partial charge in [0, 0.05) is 11.8 Å². The lowest BCUT2D eigenvalue weighted by molar-refractivity contribution is -0.137. The van der Waals surface area contributed by atoms with E-state index in [0.29, 0.717) is 29.1 Å². The standard InChI is InChI=1S/C20H16ClF3N4O3/c1-11-2-3-14(26-19(30)16-8-13(10-25-28-16)20(22,23)24)9-15(11)12-6-17(21)27-18(7-12)31-5-4-29/h2-3,6-10,29H,4-5H2,1H3,(H,26,30). The number of nitrogens with one attached hydrogen (secondary N) is 1. The SMILES string of the molecule is Cc1ccc(NC(=O)c2cc(C(F)(F)F)cnn2)cc1-c1cc(Cl)nc(OCCO)c1. The lowest BCUT2D eigenvalue weighted by Crippen LogP contribution is -2.16. The van der Waals surface area contributed by atoms with Crippen LogP contribution in [0.3, 0.4) is 0 Å². The van der Waals surface area contributed by atoms with E-state index in [9.17, 15) is 18.0 Å². The minimum Gasteiger partial charge on any atom is -0.475 e. The molecular formula is C20H16ClF3N4O3. The largest absolute Gasteiger partial charge is 0.475 e. The average molecular weight is 453 g/mol. The van der Waals surface area contributed by atoms with Crippen molar-refractivity contribution < 1.29 is 27.8 Å². The third kappa shape index (κ3) is 5.68. The van der Waals surface area contributed by atoms with Gasteiger partial charge in [-0.25, -0.2) is 4.98 Å². The molecule has 3 rings (SSSR count). The predicted octanol–water partition coefficient (Wildman–Crippen LogP) is 4.14. The Morgan fingerprint density at radius 3 is 2.71 bits per heavy atom. The van der Waals surface area contributed by atoms with Crippen LogP contribution < -0.4 is 10.1 Å². The summed E-state index contributed by atoms with van der Waals surface area (Å²) in [6.07, 6.45) is -4.09. The zero-order valence-electron chi connectivity index (χ0n) is 16.1. The lowest BCUT2D eigenvalue weighted by Gasteiger charge is -2.12. The number of rotatable bonds is 6. The zero-order valence-corrected chi connectivity index (χ0v) is 16.8. The first-order chi connectivity index (χ1) is 14.7. The fourth-order valence-electron chi connectivity index (χ4n) is 2.69. The number of aromatic nitrogens is 3. The number of aryl methyl sites for hydroxylation is 1. The summed E-state index contributed by atoms with van der Waals surface area (Å²) in [4.78, 5) is 16.4. The Morgan fingerprint density at radius 1 is 1.23 bits per heavy atom. The fraction of sp³-hybridized carbons (Fsp3) is 0.200. The van der Waals surface area contributed by atoms with E-state index in [2.05, 4.69) is 20.5 Å². The predicted molar refractivity (Wildman–Crippen MR) is 107 cm³/mol. The molecule has 7 nitrogen and oxygen atoms in total. The first-order valence-electron chi connectivity index (χ1n) is 8.91. The van der Waals surface area contributed by atoms with Crippen molar-refractivity contribution in [3.63, 3.8) is 0 Å². The quantitative estimate of drug-likeness (QED) is 0.545. The number of nitrogens with zero attached hydrogens (tertiary/aromatic N) is 3. The first kappa shape index (κ1) is 22.4. The van der Waals surface area contributed by atoms with Crippen LogP contribution in [0.2, 0.25) is 5.15 Å². The van der Waals surface area contributed by atoms with Gasteiger partial charge >= 0.3 is 6.18 Å². The molecule has 162 valence electrons. The number of aliphatic hydroxyl groups is 1. The molecule has 1 amide bonds. The van der Waals surface area contributed by atoms with Crippen LogP contribution in [0.25, 0.3) is 11.1 Å². The first-order valence-corrected chi connectivity index (χ1v) is 9.28. The van der Waals surface area contributed by atoms with Gasteiger partial charge in [0.15, 0.2) is 5.69 Å². The Hall–Kier alpha value is -3.24. The molecule has 3 aromatic rings. The summed E-state index contributed by atoms with van der Waals surface area (Å²) in [7, 11) is 0. The number of carbonyl (C=O) groups excluding carboxylic acids is 1. The molecule has 0 aliphatic heterocycles. The van der Waals surface area contributed by atoms with Gasteiger partial charge in [-0.3, -0.25) is 4.79 Å². The molecule has 11 heteroatoms. The van der Waals surface area contributed by atoms with Gasteiger partial charge in [-0.2, -0.15) is 18.3 Å². The van der Waals surface area contributed by atoms with Gasteiger partial charge in [0.2, 0.25) is 5.88 Å². The summed E-state index contributed by atoms with van der Waals surface area (Å²) < 4.78 is 43.8. The van der Waals surface area contributed by atoms with Crippen molar-refractivity contribution in [3.8, 4) is 17.0 Å². The second-order valence-electron chi connectivity index (χ2n) is 6.40. The third-order valence-electron chi connectivity index (χ3n) is 4.13. The van der Waals surface area contributed by atoms with Gasteiger partial charge in [-0.1, -0.05) is 17.7 Å². The summed E-state index contributed by atoms with van der Waals surface area (Å²) in [6.45, 7) is 1.68. The highest BCUT2D eigenvalue weighted by Crippen LogP contribution is 2.31. The van der Waals surface area contributed by atoms with Crippen molar-refractivity contribution in [3.05, 3.63) is 64.6 Å². The van der Waals surface area contributed by atoms with Crippen molar-refractivity contribution >= 4 is 23.2 Å². The Kier molecular flexibility index (Phi) is 6.71. The van der Waals surface area contributed by atoms with Crippen molar-refractivity contribution in [2.45, 2.75) is 13.1 Å².